The Kier molecular flexibility index (Phi) is 3.81. The first-order valence-electron chi connectivity index (χ1n) is 6.23. The maximum Gasteiger partial charge on any atom is 0.255 e. The Morgan fingerprint density at radius 2 is 2.44 bits per heavy atom. The van der Waals surface area contributed by atoms with Crippen LogP contribution in [0.4, 0.5) is 5.69 Å². The van der Waals surface area contributed by atoms with Crippen LogP contribution in [0.25, 0.3) is 0 Å². The third kappa shape index (κ3) is 2.79. The molecule has 1 aromatic heterocycles. The number of aromatic nitrogens is 1. The van der Waals surface area contributed by atoms with Crippen molar-refractivity contribution >= 4 is 11.6 Å². The van der Waals surface area contributed by atoms with Crippen LogP contribution in [0.1, 0.15) is 30.6 Å². The SMILES string of the molecule is CCNc1ccncc1C(=O)NC1(C)CCOC1. The van der Waals surface area contributed by atoms with Gasteiger partial charge in [0, 0.05) is 25.5 Å². The zero-order valence-electron chi connectivity index (χ0n) is 10.8. The van der Waals surface area contributed by atoms with E-state index in [2.05, 4.69) is 15.6 Å². The van der Waals surface area contributed by atoms with E-state index < -0.39 is 0 Å². The number of pyridine rings is 1. The van der Waals surface area contributed by atoms with Crippen molar-refractivity contribution in [1.29, 1.82) is 0 Å². The van der Waals surface area contributed by atoms with Gasteiger partial charge in [0.2, 0.25) is 0 Å². The normalized spacial score (nSPS) is 22.8. The molecule has 1 aromatic rings. The fourth-order valence-corrected chi connectivity index (χ4v) is 2.03. The van der Waals surface area contributed by atoms with E-state index in [0.29, 0.717) is 18.8 Å². The van der Waals surface area contributed by atoms with Gasteiger partial charge in [0.25, 0.3) is 5.91 Å². The Morgan fingerprint density at radius 3 is 3.11 bits per heavy atom. The molecule has 1 atom stereocenters. The molecule has 1 aliphatic rings. The molecule has 1 aliphatic heterocycles. The average Bonchev–Trinajstić information content (AvgIpc) is 2.77. The Bertz CT molecular complexity index is 428. The number of hydrogen-bond donors (Lipinski definition) is 2. The summed E-state index contributed by atoms with van der Waals surface area (Å²) in [4.78, 5) is 16.3. The molecule has 1 amide bonds. The summed E-state index contributed by atoms with van der Waals surface area (Å²) in [5.41, 5.74) is 1.12. The minimum absolute atomic E-state index is 0.105. The van der Waals surface area contributed by atoms with Crippen LogP contribution in [-0.4, -0.2) is 36.2 Å². The van der Waals surface area contributed by atoms with Gasteiger partial charge >= 0.3 is 0 Å². The maximum atomic E-state index is 12.3. The number of amides is 1. The van der Waals surface area contributed by atoms with E-state index >= 15 is 0 Å². The first-order valence-corrected chi connectivity index (χ1v) is 6.23. The molecule has 2 heterocycles. The fourth-order valence-electron chi connectivity index (χ4n) is 2.03. The zero-order valence-corrected chi connectivity index (χ0v) is 10.8. The molecule has 0 aliphatic carbocycles. The van der Waals surface area contributed by atoms with Gasteiger partial charge in [-0.05, 0) is 26.3 Å². The van der Waals surface area contributed by atoms with Crippen molar-refractivity contribution in [1.82, 2.24) is 10.3 Å². The van der Waals surface area contributed by atoms with Crippen molar-refractivity contribution in [3.8, 4) is 0 Å². The first kappa shape index (κ1) is 12.8. The van der Waals surface area contributed by atoms with Crippen molar-refractivity contribution < 1.29 is 9.53 Å². The summed E-state index contributed by atoms with van der Waals surface area (Å²) >= 11 is 0. The van der Waals surface area contributed by atoms with Crippen LogP contribution in [0.2, 0.25) is 0 Å². The van der Waals surface area contributed by atoms with Crippen molar-refractivity contribution in [3.05, 3.63) is 24.0 Å². The molecule has 5 heteroatoms. The monoisotopic (exact) mass is 249 g/mol. The van der Waals surface area contributed by atoms with Gasteiger partial charge in [-0.3, -0.25) is 9.78 Å². The second-order valence-electron chi connectivity index (χ2n) is 4.77. The van der Waals surface area contributed by atoms with Gasteiger partial charge in [-0.1, -0.05) is 0 Å². The molecule has 1 unspecified atom stereocenters. The van der Waals surface area contributed by atoms with Crippen LogP contribution in [-0.2, 0) is 4.74 Å². The van der Waals surface area contributed by atoms with Crippen LogP contribution in [0.5, 0.6) is 0 Å². The van der Waals surface area contributed by atoms with E-state index in [1.54, 1.807) is 12.4 Å². The van der Waals surface area contributed by atoms with Gasteiger partial charge < -0.3 is 15.4 Å². The van der Waals surface area contributed by atoms with E-state index in [4.69, 9.17) is 4.74 Å². The smallest absolute Gasteiger partial charge is 0.255 e. The largest absolute Gasteiger partial charge is 0.385 e. The predicted molar refractivity (Wildman–Crippen MR) is 69.7 cm³/mol. The third-order valence-corrected chi connectivity index (χ3v) is 3.07. The van der Waals surface area contributed by atoms with Crippen LogP contribution < -0.4 is 10.6 Å². The molecule has 0 saturated carbocycles. The molecular weight excluding hydrogens is 230 g/mol. The molecule has 0 bridgehead atoms. The van der Waals surface area contributed by atoms with Crippen molar-refractivity contribution in [2.24, 2.45) is 0 Å². The number of nitrogens with zero attached hydrogens (tertiary/aromatic N) is 1. The average molecular weight is 249 g/mol. The topological polar surface area (TPSA) is 63.2 Å². The molecule has 5 nitrogen and oxygen atoms in total. The van der Waals surface area contributed by atoms with Crippen molar-refractivity contribution in [3.63, 3.8) is 0 Å². The second-order valence-corrected chi connectivity index (χ2v) is 4.77. The van der Waals surface area contributed by atoms with Gasteiger partial charge in [-0.25, -0.2) is 0 Å². The number of ether oxygens (including phenoxy) is 1. The Labute approximate surface area is 107 Å². The summed E-state index contributed by atoms with van der Waals surface area (Å²) in [6.45, 7) is 6.03. The van der Waals surface area contributed by atoms with Crippen molar-refractivity contribution in [2.75, 3.05) is 25.1 Å². The minimum Gasteiger partial charge on any atom is -0.385 e. The Morgan fingerprint density at radius 1 is 1.61 bits per heavy atom. The van der Waals surface area contributed by atoms with Gasteiger partial charge in [0.05, 0.1) is 23.4 Å². The summed E-state index contributed by atoms with van der Waals surface area (Å²) < 4.78 is 5.33. The highest BCUT2D eigenvalue weighted by Crippen LogP contribution is 2.20. The Hall–Kier alpha value is -1.62. The van der Waals surface area contributed by atoms with Crippen molar-refractivity contribution in [2.45, 2.75) is 25.8 Å². The number of anilines is 1. The van der Waals surface area contributed by atoms with Gasteiger partial charge in [-0.15, -0.1) is 0 Å². The molecule has 0 aromatic carbocycles. The molecule has 98 valence electrons. The third-order valence-electron chi connectivity index (χ3n) is 3.07. The molecule has 1 fully saturated rings. The predicted octanol–water partition coefficient (Wildman–Crippen LogP) is 1.42. The van der Waals surface area contributed by atoms with Crippen LogP contribution in [0.15, 0.2) is 18.5 Å². The first-order chi connectivity index (χ1) is 8.64. The van der Waals surface area contributed by atoms with Gasteiger partial charge in [-0.2, -0.15) is 0 Å². The van der Waals surface area contributed by atoms with Gasteiger partial charge in [0.1, 0.15) is 0 Å². The second kappa shape index (κ2) is 5.35. The van der Waals surface area contributed by atoms with Gasteiger partial charge in [0.15, 0.2) is 0 Å². The molecule has 18 heavy (non-hydrogen) atoms. The lowest BCUT2D eigenvalue weighted by Crippen LogP contribution is -2.46. The molecule has 2 N–H and O–H groups in total. The number of nitrogens with one attached hydrogen (secondary N) is 2. The fraction of sp³-hybridized carbons (Fsp3) is 0.538. The van der Waals surface area contributed by atoms with Crippen LogP contribution >= 0.6 is 0 Å². The van der Waals surface area contributed by atoms with Crippen LogP contribution in [0.3, 0.4) is 0 Å². The molecule has 0 radical (unpaired) electrons. The molecule has 0 spiro atoms. The number of rotatable bonds is 4. The highest BCUT2D eigenvalue weighted by molar-refractivity contribution is 5.99. The molecule has 2 rings (SSSR count). The summed E-state index contributed by atoms with van der Waals surface area (Å²) in [5, 5.41) is 6.19. The number of hydrogen-bond acceptors (Lipinski definition) is 4. The molecular formula is C13H19N3O2. The zero-order chi connectivity index (χ0) is 13.0. The number of carbonyl (C=O) groups excluding carboxylic acids is 1. The lowest BCUT2D eigenvalue weighted by molar-refractivity contribution is 0.0890. The van der Waals surface area contributed by atoms with E-state index in [-0.39, 0.29) is 11.4 Å². The minimum atomic E-state index is -0.267. The standard InChI is InChI=1S/C13H19N3O2/c1-3-15-11-4-6-14-8-10(11)12(17)16-13(2)5-7-18-9-13/h4,6,8H,3,5,7,9H2,1-2H3,(H,14,15)(H,16,17). The summed E-state index contributed by atoms with van der Waals surface area (Å²) in [6.07, 6.45) is 4.11. The highest BCUT2D eigenvalue weighted by atomic mass is 16.5. The summed E-state index contributed by atoms with van der Waals surface area (Å²) in [6, 6.07) is 1.81. The quantitative estimate of drug-likeness (QED) is 0.847. The summed E-state index contributed by atoms with van der Waals surface area (Å²) in [5.74, 6) is -0.105. The van der Waals surface area contributed by atoms with Crippen LogP contribution in [0, 0.1) is 0 Å². The summed E-state index contributed by atoms with van der Waals surface area (Å²) in [7, 11) is 0. The maximum absolute atomic E-state index is 12.3. The highest BCUT2D eigenvalue weighted by Gasteiger charge is 2.32. The van der Waals surface area contributed by atoms with E-state index in [1.165, 1.54) is 0 Å². The van der Waals surface area contributed by atoms with E-state index in [0.717, 1.165) is 18.7 Å². The van der Waals surface area contributed by atoms with E-state index in [9.17, 15) is 4.79 Å². The molecule has 1 saturated heterocycles. The lowest BCUT2D eigenvalue weighted by atomic mass is 10.0. The Balaban J connectivity index is 2.13. The lowest BCUT2D eigenvalue weighted by Gasteiger charge is -2.24. The van der Waals surface area contributed by atoms with E-state index in [1.807, 2.05) is 19.9 Å². The number of carbonyl (C=O) groups is 1.